The van der Waals surface area contributed by atoms with Crippen LogP contribution in [0.1, 0.15) is 48.5 Å². The summed E-state index contributed by atoms with van der Waals surface area (Å²) in [6.45, 7) is 2.26. The topological polar surface area (TPSA) is 35.5 Å². The minimum Gasteiger partial charge on any atom is -0.497 e. The van der Waals surface area contributed by atoms with Gasteiger partial charge in [-0.05, 0) is 43.7 Å². The molecule has 1 aliphatic heterocycles. The van der Waals surface area contributed by atoms with Gasteiger partial charge in [0.05, 0.1) is 12.7 Å². The van der Waals surface area contributed by atoms with Gasteiger partial charge in [-0.1, -0.05) is 13.0 Å². The highest BCUT2D eigenvalue weighted by atomic mass is 16.6. The number of fused-ring (bicyclic) bond motifs is 2. The summed E-state index contributed by atoms with van der Waals surface area (Å²) in [7, 11) is 1.61. The Morgan fingerprint density at radius 2 is 2.06 bits per heavy atom. The summed E-state index contributed by atoms with van der Waals surface area (Å²) < 4.78 is 10.9. The maximum absolute atomic E-state index is 12.0. The third kappa shape index (κ3) is 1.61. The van der Waals surface area contributed by atoms with E-state index in [1.54, 1.807) is 13.2 Å². The van der Waals surface area contributed by atoms with Gasteiger partial charge in [-0.2, -0.15) is 0 Å². The Bertz CT molecular complexity index is 485. The number of esters is 1. The zero-order valence-electron chi connectivity index (χ0n) is 10.9. The second-order valence-corrected chi connectivity index (χ2v) is 5.48. The summed E-state index contributed by atoms with van der Waals surface area (Å²) in [6, 6.07) is 5.71. The number of methoxy groups -OCH3 is 1. The second-order valence-electron chi connectivity index (χ2n) is 5.48. The molecule has 0 unspecified atom stereocenters. The molecule has 0 bridgehead atoms. The van der Waals surface area contributed by atoms with Crippen molar-refractivity contribution in [1.82, 2.24) is 0 Å². The van der Waals surface area contributed by atoms with Crippen LogP contribution in [0.4, 0.5) is 0 Å². The van der Waals surface area contributed by atoms with Gasteiger partial charge < -0.3 is 9.47 Å². The van der Waals surface area contributed by atoms with Crippen molar-refractivity contribution in [3.8, 4) is 5.75 Å². The van der Waals surface area contributed by atoms with E-state index in [0.717, 1.165) is 37.2 Å². The molecule has 1 heterocycles. The van der Waals surface area contributed by atoms with Gasteiger partial charge in [-0.25, -0.2) is 4.79 Å². The van der Waals surface area contributed by atoms with Crippen molar-refractivity contribution in [2.75, 3.05) is 7.11 Å². The molecule has 1 fully saturated rings. The minimum absolute atomic E-state index is 0.196. The molecule has 1 saturated carbocycles. The van der Waals surface area contributed by atoms with E-state index in [-0.39, 0.29) is 11.6 Å². The van der Waals surface area contributed by atoms with E-state index in [9.17, 15) is 4.79 Å². The second kappa shape index (κ2) is 4.01. The Hall–Kier alpha value is -1.51. The van der Waals surface area contributed by atoms with E-state index in [1.165, 1.54) is 0 Å². The fraction of sp³-hybridized carbons (Fsp3) is 0.533. The lowest BCUT2D eigenvalue weighted by Crippen LogP contribution is -2.31. The largest absolute Gasteiger partial charge is 0.497 e. The third-order valence-electron chi connectivity index (χ3n) is 4.31. The van der Waals surface area contributed by atoms with Crippen LogP contribution in [-0.2, 0) is 10.3 Å². The summed E-state index contributed by atoms with van der Waals surface area (Å²) in [5, 5.41) is 0. The Balaban J connectivity index is 2.01. The number of carbonyl (C=O) groups excluding carboxylic acids is 1. The van der Waals surface area contributed by atoms with Crippen LogP contribution >= 0.6 is 0 Å². The molecule has 0 saturated heterocycles. The van der Waals surface area contributed by atoms with Gasteiger partial charge in [0, 0.05) is 5.56 Å². The number of hydrogen-bond donors (Lipinski definition) is 0. The maximum atomic E-state index is 12.0. The lowest BCUT2D eigenvalue weighted by molar-refractivity contribution is -0.0346. The van der Waals surface area contributed by atoms with Gasteiger partial charge in [0.15, 0.2) is 0 Å². The van der Waals surface area contributed by atoms with Crippen molar-refractivity contribution in [2.45, 2.75) is 38.2 Å². The molecular weight excluding hydrogens is 228 g/mol. The highest BCUT2D eigenvalue weighted by Crippen LogP contribution is 2.48. The average molecular weight is 246 g/mol. The number of carbonyl (C=O) groups is 1. The van der Waals surface area contributed by atoms with Crippen LogP contribution in [0.5, 0.6) is 5.75 Å². The summed E-state index contributed by atoms with van der Waals surface area (Å²) in [5.41, 5.74) is 1.38. The summed E-state index contributed by atoms with van der Waals surface area (Å²) in [5.74, 6) is 1.25. The van der Waals surface area contributed by atoms with E-state index in [4.69, 9.17) is 9.47 Å². The molecule has 0 aromatic heterocycles. The van der Waals surface area contributed by atoms with Crippen LogP contribution in [-0.4, -0.2) is 13.1 Å². The monoisotopic (exact) mass is 246 g/mol. The van der Waals surface area contributed by atoms with Crippen molar-refractivity contribution < 1.29 is 14.3 Å². The SMILES string of the molecule is COc1ccc2c(c1)C(=O)O[C@]21CC[C@H](C)CC1. The fourth-order valence-corrected chi connectivity index (χ4v) is 3.10. The Morgan fingerprint density at radius 1 is 1.33 bits per heavy atom. The molecule has 1 spiro atoms. The zero-order valence-corrected chi connectivity index (χ0v) is 10.9. The summed E-state index contributed by atoms with van der Waals surface area (Å²) in [4.78, 5) is 12.0. The Kier molecular flexibility index (Phi) is 2.58. The number of benzene rings is 1. The van der Waals surface area contributed by atoms with Crippen molar-refractivity contribution in [3.05, 3.63) is 29.3 Å². The molecule has 96 valence electrons. The van der Waals surface area contributed by atoms with Crippen molar-refractivity contribution in [1.29, 1.82) is 0 Å². The first-order chi connectivity index (χ1) is 8.64. The van der Waals surface area contributed by atoms with Crippen LogP contribution in [0.3, 0.4) is 0 Å². The van der Waals surface area contributed by atoms with Gasteiger partial charge in [0.1, 0.15) is 11.4 Å². The van der Waals surface area contributed by atoms with E-state index in [1.807, 2.05) is 12.1 Å². The van der Waals surface area contributed by atoms with E-state index in [0.29, 0.717) is 11.3 Å². The summed E-state index contributed by atoms with van der Waals surface area (Å²) >= 11 is 0. The predicted octanol–water partition coefficient (Wildman–Crippen LogP) is 3.27. The number of ether oxygens (including phenoxy) is 2. The predicted molar refractivity (Wildman–Crippen MR) is 67.7 cm³/mol. The molecule has 0 atom stereocenters. The van der Waals surface area contributed by atoms with Gasteiger partial charge in [-0.3, -0.25) is 0 Å². The smallest absolute Gasteiger partial charge is 0.339 e. The molecule has 18 heavy (non-hydrogen) atoms. The first-order valence-corrected chi connectivity index (χ1v) is 6.56. The number of hydrogen-bond acceptors (Lipinski definition) is 3. The van der Waals surface area contributed by atoms with Crippen LogP contribution in [0, 0.1) is 5.92 Å². The standard InChI is InChI=1S/C15H18O3/c1-10-5-7-15(8-6-10)13-4-3-11(17-2)9-12(13)14(16)18-15/h3-4,9-10H,5-8H2,1-2H3/t10-,15-. The minimum atomic E-state index is -0.356. The van der Waals surface area contributed by atoms with E-state index < -0.39 is 0 Å². The maximum Gasteiger partial charge on any atom is 0.339 e. The molecule has 3 rings (SSSR count). The molecular formula is C15H18O3. The van der Waals surface area contributed by atoms with Crippen LogP contribution in [0.15, 0.2) is 18.2 Å². The molecule has 0 amide bonds. The number of rotatable bonds is 1. The van der Waals surface area contributed by atoms with Gasteiger partial charge in [0.25, 0.3) is 0 Å². The highest BCUT2D eigenvalue weighted by molar-refractivity contribution is 5.95. The molecule has 0 radical (unpaired) electrons. The third-order valence-corrected chi connectivity index (χ3v) is 4.31. The first-order valence-electron chi connectivity index (χ1n) is 6.56. The Morgan fingerprint density at radius 3 is 2.72 bits per heavy atom. The molecule has 2 aliphatic rings. The molecule has 3 heteroatoms. The highest BCUT2D eigenvalue weighted by Gasteiger charge is 2.47. The molecule has 3 nitrogen and oxygen atoms in total. The van der Waals surface area contributed by atoms with Crippen LogP contribution in [0.2, 0.25) is 0 Å². The summed E-state index contributed by atoms with van der Waals surface area (Å²) in [6.07, 6.45) is 4.13. The fourth-order valence-electron chi connectivity index (χ4n) is 3.10. The van der Waals surface area contributed by atoms with Crippen LogP contribution in [0.25, 0.3) is 0 Å². The molecule has 1 aromatic carbocycles. The lowest BCUT2D eigenvalue weighted by atomic mass is 9.75. The Labute approximate surface area is 107 Å². The first kappa shape index (κ1) is 11.6. The lowest BCUT2D eigenvalue weighted by Gasteiger charge is -2.35. The van der Waals surface area contributed by atoms with Gasteiger partial charge in [0.2, 0.25) is 0 Å². The average Bonchev–Trinajstić information content (AvgIpc) is 2.66. The van der Waals surface area contributed by atoms with E-state index >= 15 is 0 Å². The zero-order chi connectivity index (χ0) is 12.8. The quantitative estimate of drug-likeness (QED) is 0.713. The van der Waals surface area contributed by atoms with Gasteiger partial charge >= 0.3 is 5.97 Å². The molecule has 1 aromatic rings. The van der Waals surface area contributed by atoms with E-state index in [2.05, 4.69) is 6.92 Å². The molecule has 0 N–H and O–H groups in total. The van der Waals surface area contributed by atoms with Gasteiger partial charge in [-0.15, -0.1) is 0 Å². The van der Waals surface area contributed by atoms with Crippen molar-refractivity contribution >= 4 is 5.97 Å². The molecule has 1 aliphatic carbocycles. The normalized spacial score (nSPS) is 30.1. The van der Waals surface area contributed by atoms with Crippen molar-refractivity contribution in [2.24, 2.45) is 5.92 Å². The van der Waals surface area contributed by atoms with Crippen LogP contribution < -0.4 is 4.74 Å². The van der Waals surface area contributed by atoms with Crippen molar-refractivity contribution in [3.63, 3.8) is 0 Å².